The van der Waals surface area contributed by atoms with Crippen molar-refractivity contribution in [2.45, 2.75) is 17.8 Å². The van der Waals surface area contributed by atoms with E-state index in [2.05, 4.69) is 20.8 Å². The fourth-order valence-corrected chi connectivity index (χ4v) is 3.69. The molecule has 3 aromatic rings. The first-order chi connectivity index (χ1) is 12.6. The molecule has 1 amide bonds. The molecule has 0 atom stereocenters. The minimum Gasteiger partial charge on any atom is -0.356 e. The number of nitrogens with one attached hydrogen (secondary N) is 2. The molecule has 8 heteroatoms. The molecule has 0 spiro atoms. The van der Waals surface area contributed by atoms with Crippen molar-refractivity contribution in [3.05, 3.63) is 65.5 Å². The zero-order valence-electron chi connectivity index (χ0n) is 14.0. The predicted octanol–water partition coefficient (Wildman–Crippen LogP) is 4.33. The fraction of sp³-hybridized carbons (Fsp3) is 0.167. The molecule has 0 aliphatic rings. The zero-order chi connectivity index (χ0) is 18.4. The van der Waals surface area contributed by atoms with Crippen molar-refractivity contribution in [2.24, 2.45) is 0 Å². The molecule has 5 nitrogen and oxygen atoms in total. The summed E-state index contributed by atoms with van der Waals surface area (Å²) >= 11 is 2.72. The van der Waals surface area contributed by atoms with E-state index in [0.717, 1.165) is 16.8 Å². The van der Waals surface area contributed by atoms with Gasteiger partial charge in [-0.1, -0.05) is 53.4 Å². The summed E-state index contributed by atoms with van der Waals surface area (Å²) < 4.78 is 13.6. The number of rotatable bonds is 7. The third-order valence-electron chi connectivity index (χ3n) is 3.51. The molecule has 3 rings (SSSR count). The second kappa shape index (κ2) is 8.77. The van der Waals surface area contributed by atoms with Gasteiger partial charge in [-0.3, -0.25) is 4.79 Å². The van der Waals surface area contributed by atoms with Crippen molar-refractivity contribution in [2.75, 3.05) is 16.4 Å². The van der Waals surface area contributed by atoms with Crippen molar-refractivity contribution in [3.63, 3.8) is 0 Å². The fourth-order valence-electron chi connectivity index (χ4n) is 2.15. The molecule has 2 aromatic carbocycles. The van der Waals surface area contributed by atoms with Crippen LogP contribution in [0.1, 0.15) is 11.1 Å². The first-order valence-electron chi connectivity index (χ1n) is 7.90. The molecule has 1 aromatic heterocycles. The summed E-state index contributed by atoms with van der Waals surface area (Å²) in [6.45, 7) is 2.49. The van der Waals surface area contributed by atoms with Crippen molar-refractivity contribution in [1.29, 1.82) is 0 Å². The van der Waals surface area contributed by atoms with Gasteiger partial charge in [0.15, 0.2) is 4.34 Å². The number of para-hydroxylation sites is 1. The van der Waals surface area contributed by atoms with Gasteiger partial charge in [0.05, 0.1) is 5.75 Å². The first-order valence-corrected chi connectivity index (χ1v) is 9.70. The summed E-state index contributed by atoms with van der Waals surface area (Å²) in [5, 5.41) is 14.8. The van der Waals surface area contributed by atoms with Gasteiger partial charge in [-0.25, -0.2) is 4.39 Å². The smallest absolute Gasteiger partial charge is 0.234 e. The van der Waals surface area contributed by atoms with Crippen LogP contribution in [0.25, 0.3) is 0 Å². The first kappa shape index (κ1) is 18.3. The van der Waals surface area contributed by atoms with Crippen LogP contribution in [0.5, 0.6) is 0 Å². The molecule has 0 fully saturated rings. The standard InChI is InChI=1S/C18H17FN4OS2/c1-12-4-2-3-5-15(12)21-16(24)11-25-18-23-22-17(26-18)20-10-13-6-8-14(19)9-7-13/h2-9H,10-11H2,1H3,(H,20,22)(H,21,24). The van der Waals surface area contributed by atoms with Crippen LogP contribution in [0, 0.1) is 12.7 Å². The van der Waals surface area contributed by atoms with Gasteiger partial charge in [-0.05, 0) is 36.2 Å². The molecule has 0 saturated heterocycles. The van der Waals surface area contributed by atoms with Gasteiger partial charge >= 0.3 is 0 Å². The number of hydrogen-bond donors (Lipinski definition) is 2. The average Bonchev–Trinajstić information content (AvgIpc) is 3.09. The maximum Gasteiger partial charge on any atom is 0.234 e. The molecule has 134 valence electrons. The van der Waals surface area contributed by atoms with E-state index in [9.17, 15) is 9.18 Å². The molecule has 0 aliphatic carbocycles. The van der Waals surface area contributed by atoms with Crippen molar-refractivity contribution in [1.82, 2.24) is 10.2 Å². The lowest BCUT2D eigenvalue weighted by molar-refractivity contribution is -0.113. The second-order valence-electron chi connectivity index (χ2n) is 5.50. The second-order valence-corrected chi connectivity index (χ2v) is 7.70. The normalized spacial score (nSPS) is 10.5. The lowest BCUT2D eigenvalue weighted by Crippen LogP contribution is -2.14. The number of carbonyl (C=O) groups is 1. The molecule has 0 radical (unpaired) electrons. The van der Waals surface area contributed by atoms with Gasteiger partial charge in [-0.15, -0.1) is 10.2 Å². The van der Waals surface area contributed by atoms with E-state index < -0.39 is 0 Å². The van der Waals surface area contributed by atoms with Gasteiger partial charge in [0.2, 0.25) is 11.0 Å². The number of hydrogen-bond acceptors (Lipinski definition) is 6. The maximum atomic E-state index is 12.9. The van der Waals surface area contributed by atoms with E-state index in [0.29, 0.717) is 16.0 Å². The van der Waals surface area contributed by atoms with E-state index in [4.69, 9.17) is 0 Å². The Labute approximate surface area is 159 Å². The Bertz CT molecular complexity index is 883. The molecule has 2 N–H and O–H groups in total. The van der Waals surface area contributed by atoms with Gasteiger partial charge in [0.25, 0.3) is 0 Å². The molecule has 0 unspecified atom stereocenters. The van der Waals surface area contributed by atoms with Crippen molar-refractivity contribution >= 4 is 39.8 Å². The summed E-state index contributed by atoms with van der Waals surface area (Å²) in [4.78, 5) is 12.1. The van der Waals surface area contributed by atoms with Crippen LogP contribution in [0.4, 0.5) is 15.2 Å². The highest BCUT2D eigenvalue weighted by Gasteiger charge is 2.09. The summed E-state index contributed by atoms with van der Waals surface area (Å²) in [5.41, 5.74) is 2.79. The Hall–Kier alpha value is -2.45. The summed E-state index contributed by atoms with van der Waals surface area (Å²) in [5.74, 6) is -0.0753. The lowest BCUT2D eigenvalue weighted by atomic mass is 10.2. The molecule has 0 aliphatic heterocycles. The number of carbonyl (C=O) groups excluding carboxylic acids is 1. The number of amides is 1. The van der Waals surface area contributed by atoms with E-state index in [1.54, 1.807) is 12.1 Å². The van der Waals surface area contributed by atoms with Crippen LogP contribution >= 0.6 is 23.1 Å². The maximum absolute atomic E-state index is 12.9. The van der Waals surface area contributed by atoms with Gasteiger partial charge in [-0.2, -0.15) is 0 Å². The SMILES string of the molecule is Cc1ccccc1NC(=O)CSc1nnc(NCc2ccc(F)cc2)s1. The van der Waals surface area contributed by atoms with Crippen LogP contribution < -0.4 is 10.6 Å². The number of anilines is 2. The van der Waals surface area contributed by atoms with E-state index in [1.165, 1.54) is 35.2 Å². The lowest BCUT2D eigenvalue weighted by Gasteiger charge is -2.06. The Morgan fingerprint density at radius 3 is 2.69 bits per heavy atom. The van der Waals surface area contributed by atoms with Crippen LogP contribution in [0.2, 0.25) is 0 Å². The monoisotopic (exact) mass is 388 g/mol. The van der Waals surface area contributed by atoms with E-state index in [1.807, 2.05) is 31.2 Å². The van der Waals surface area contributed by atoms with E-state index in [-0.39, 0.29) is 17.5 Å². The van der Waals surface area contributed by atoms with Crippen molar-refractivity contribution in [3.8, 4) is 0 Å². The van der Waals surface area contributed by atoms with Gasteiger partial charge < -0.3 is 10.6 Å². The highest BCUT2D eigenvalue weighted by Crippen LogP contribution is 2.26. The minimum absolute atomic E-state index is 0.0830. The third-order valence-corrected chi connectivity index (χ3v) is 5.52. The average molecular weight is 388 g/mol. The number of nitrogens with zero attached hydrogens (tertiary/aromatic N) is 2. The van der Waals surface area contributed by atoms with Crippen molar-refractivity contribution < 1.29 is 9.18 Å². The van der Waals surface area contributed by atoms with Crippen LogP contribution in [-0.2, 0) is 11.3 Å². The Morgan fingerprint density at radius 1 is 1.15 bits per heavy atom. The highest BCUT2D eigenvalue weighted by molar-refractivity contribution is 8.01. The van der Waals surface area contributed by atoms with Crippen LogP contribution in [0.15, 0.2) is 52.9 Å². The molecular weight excluding hydrogens is 371 g/mol. The third kappa shape index (κ3) is 5.27. The molecule has 26 heavy (non-hydrogen) atoms. The Balaban J connectivity index is 1.46. The summed E-state index contributed by atoms with van der Waals surface area (Å²) in [6.07, 6.45) is 0. The van der Waals surface area contributed by atoms with Crippen LogP contribution in [0.3, 0.4) is 0 Å². The quantitative estimate of drug-likeness (QED) is 0.590. The Kier molecular flexibility index (Phi) is 6.19. The van der Waals surface area contributed by atoms with Gasteiger partial charge in [0, 0.05) is 12.2 Å². The molecule has 0 bridgehead atoms. The minimum atomic E-state index is -0.257. The highest BCUT2D eigenvalue weighted by atomic mass is 32.2. The molecule has 0 saturated carbocycles. The predicted molar refractivity (Wildman–Crippen MR) is 104 cm³/mol. The Morgan fingerprint density at radius 2 is 1.92 bits per heavy atom. The number of halogens is 1. The molecule has 1 heterocycles. The number of benzene rings is 2. The van der Waals surface area contributed by atoms with E-state index >= 15 is 0 Å². The zero-order valence-corrected chi connectivity index (χ0v) is 15.7. The summed E-state index contributed by atoms with van der Waals surface area (Å²) in [6, 6.07) is 13.9. The van der Waals surface area contributed by atoms with Gasteiger partial charge in [0.1, 0.15) is 5.82 Å². The largest absolute Gasteiger partial charge is 0.356 e. The topological polar surface area (TPSA) is 66.9 Å². The van der Waals surface area contributed by atoms with Crippen LogP contribution in [-0.4, -0.2) is 21.9 Å². The number of thioether (sulfide) groups is 1. The number of aryl methyl sites for hydroxylation is 1. The molecular formula is C18H17FN4OS2. The number of aromatic nitrogens is 2. The summed E-state index contributed by atoms with van der Waals surface area (Å²) in [7, 11) is 0.